The Morgan fingerprint density at radius 2 is 2.00 bits per heavy atom. The van der Waals surface area contributed by atoms with Gasteiger partial charge in [0.05, 0.1) is 0 Å². The smallest absolute Gasteiger partial charge is 0.00269 e. The number of halogens is 1. The van der Waals surface area contributed by atoms with E-state index >= 15 is 0 Å². The van der Waals surface area contributed by atoms with Crippen LogP contribution in [-0.4, -0.2) is 4.43 Å². The van der Waals surface area contributed by atoms with E-state index in [-0.39, 0.29) is 0 Å². The largest absolute Gasteiger partial charge is 0.0861 e. The molecule has 1 heteroatoms. The molecule has 0 saturated carbocycles. The lowest BCUT2D eigenvalue weighted by Gasteiger charge is -2.22. The van der Waals surface area contributed by atoms with Gasteiger partial charge in [0, 0.05) is 4.43 Å². The standard InChI is InChI=1S/C11H13I/c12-8-9-5-6-10-3-1-2-4-11(10)7-9/h1-4,9H,5-8H2. The number of aryl methyl sites for hydroxylation is 1. The molecule has 1 aromatic rings. The van der Waals surface area contributed by atoms with Crippen molar-refractivity contribution in [3.63, 3.8) is 0 Å². The van der Waals surface area contributed by atoms with Gasteiger partial charge in [-0.1, -0.05) is 46.9 Å². The van der Waals surface area contributed by atoms with Crippen molar-refractivity contribution in [2.75, 3.05) is 4.43 Å². The maximum atomic E-state index is 2.51. The van der Waals surface area contributed by atoms with E-state index in [1.807, 2.05) is 0 Å². The van der Waals surface area contributed by atoms with Crippen molar-refractivity contribution in [3.05, 3.63) is 35.4 Å². The average molecular weight is 272 g/mol. The number of alkyl halides is 1. The molecule has 0 aromatic heterocycles. The Labute approximate surface area is 87.5 Å². The molecule has 1 unspecified atom stereocenters. The Balaban J connectivity index is 2.23. The number of hydrogen-bond donors (Lipinski definition) is 0. The van der Waals surface area contributed by atoms with E-state index in [4.69, 9.17) is 0 Å². The molecule has 1 aliphatic rings. The fourth-order valence-electron chi connectivity index (χ4n) is 1.90. The summed E-state index contributed by atoms with van der Waals surface area (Å²) in [4.78, 5) is 0. The Morgan fingerprint density at radius 1 is 1.25 bits per heavy atom. The lowest BCUT2D eigenvalue weighted by Crippen LogP contribution is -2.14. The number of hydrogen-bond acceptors (Lipinski definition) is 0. The third kappa shape index (κ3) is 1.65. The zero-order chi connectivity index (χ0) is 8.39. The summed E-state index contributed by atoms with van der Waals surface area (Å²) in [7, 11) is 0. The van der Waals surface area contributed by atoms with Crippen LogP contribution < -0.4 is 0 Å². The fraction of sp³-hybridized carbons (Fsp3) is 0.455. The van der Waals surface area contributed by atoms with Gasteiger partial charge in [0.15, 0.2) is 0 Å². The van der Waals surface area contributed by atoms with Crippen molar-refractivity contribution in [3.8, 4) is 0 Å². The van der Waals surface area contributed by atoms with Gasteiger partial charge in [-0.05, 0) is 36.3 Å². The summed E-state index contributed by atoms with van der Waals surface area (Å²) in [5, 5.41) is 0. The topological polar surface area (TPSA) is 0 Å². The van der Waals surface area contributed by atoms with Gasteiger partial charge >= 0.3 is 0 Å². The summed E-state index contributed by atoms with van der Waals surface area (Å²) in [5.41, 5.74) is 3.17. The molecular weight excluding hydrogens is 259 g/mol. The second-order valence-electron chi connectivity index (χ2n) is 3.53. The highest BCUT2D eigenvalue weighted by molar-refractivity contribution is 14.1. The van der Waals surface area contributed by atoms with Crippen LogP contribution in [0.4, 0.5) is 0 Å². The van der Waals surface area contributed by atoms with E-state index in [2.05, 4.69) is 46.9 Å². The predicted molar refractivity (Wildman–Crippen MR) is 60.8 cm³/mol. The molecule has 0 radical (unpaired) electrons. The number of benzene rings is 1. The second kappa shape index (κ2) is 3.77. The van der Waals surface area contributed by atoms with E-state index in [0.29, 0.717) is 0 Å². The molecule has 0 fully saturated rings. The minimum absolute atomic E-state index is 0.931. The maximum absolute atomic E-state index is 2.51. The zero-order valence-electron chi connectivity index (χ0n) is 7.09. The van der Waals surface area contributed by atoms with Crippen LogP contribution in [0.15, 0.2) is 24.3 Å². The molecule has 0 amide bonds. The molecule has 64 valence electrons. The summed E-state index contributed by atoms with van der Waals surface area (Å²) >= 11 is 2.51. The highest BCUT2D eigenvalue weighted by atomic mass is 127. The first kappa shape index (κ1) is 8.54. The van der Waals surface area contributed by atoms with Gasteiger partial charge in [-0.2, -0.15) is 0 Å². The number of rotatable bonds is 1. The molecule has 0 saturated heterocycles. The first-order valence-electron chi connectivity index (χ1n) is 4.53. The Morgan fingerprint density at radius 3 is 2.75 bits per heavy atom. The van der Waals surface area contributed by atoms with Gasteiger partial charge < -0.3 is 0 Å². The van der Waals surface area contributed by atoms with Gasteiger partial charge in [0.1, 0.15) is 0 Å². The van der Waals surface area contributed by atoms with Gasteiger partial charge in [0.2, 0.25) is 0 Å². The monoisotopic (exact) mass is 272 g/mol. The quantitative estimate of drug-likeness (QED) is 0.544. The minimum atomic E-state index is 0.931. The molecule has 0 N–H and O–H groups in total. The van der Waals surface area contributed by atoms with Crippen LogP contribution in [0.3, 0.4) is 0 Å². The maximum Gasteiger partial charge on any atom is 0.00269 e. The third-order valence-corrected chi connectivity index (χ3v) is 3.91. The van der Waals surface area contributed by atoms with Crippen LogP contribution in [-0.2, 0) is 12.8 Å². The molecule has 12 heavy (non-hydrogen) atoms. The first-order valence-corrected chi connectivity index (χ1v) is 6.05. The first-order chi connectivity index (χ1) is 5.90. The second-order valence-corrected chi connectivity index (χ2v) is 4.41. The summed E-state index contributed by atoms with van der Waals surface area (Å²) in [5.74, 6) is 0.931. The average Bonchev–Trinajstić information content (AvgIpc) is 2.17. The van der Waals surface area contributed by atoms with E-state index in [9.17, 15) is 0 Å². The zero-order valence-corrected chi connectivity index (χ0v) is 9.25. The molecule has 0 bridgehead atoms. The van der Waals surface area contributed by atoms with E-state index < -0.39 is 0 Å². The summed E-state index contributed by atoms with van der Waals surface area (Å²) in [6, 6.07) is 8.88. The van der Waals surface area contributed by atoms with Crippen molar-refractivity contribution in [2.24, 2.45) is 5.92 Å². The lowest BCUT2D eigenvalue weighted by molar-refractivity contribution is 0.516. The van der Waals surface area contributed by atoms with Crippen LogP contribution in [0.5, 0.6) is 0 Å². The van der Waals surface area contributed by atoms with Crippen molar-refractivity contribution in [2.45, 2.75) is 19.3 Å². The van der Waals surface area contributed by atoms with Crippen LogP contribution in [0.25, 0.3) is 0 Å². The molecule has 2 rings (SSSR count). The highest BCUT2D eigenvalue weighted by Gasteiger charge is 2.16. The molecular formula is C11H13I. The van der Waals surface area contributed by atoms with E-state index in [1.165, 1.54) is 23.7 Å². The van der Waals surface area contributed by atoms with Crippen molar-refractivity contribution in [1.82, 2.24) is 0 Å². The fourth-order valence-corrected chi connectivity index (χ4v) is 2.66. The third-order valence-electron chi connectivity index (χ3n) is 2.67. The normalized spacial score (nSPS) is 21.9. The SMILES string of the molecule is ICC1CCc2ccccc2C1. The molecule has 1 aromatic carbocycles. The van der Waals surface area contributed by atoms with Gasteiger partial charge in [0.25, 0.3) is 0 Å². The van der Waals surface area contributed by atoms with Crippen LogP contribution in [0.1, 0.15) is 17.5 Å². The Kier molecular flexibility index (Phi) is 2.69. The van der Waals surface area contributed by atoms with Crippen molar-refractivity contribution in [1.29, 1.82) is 0 Å². The summed E-state index contributed by atoms with van der Waals surface area (Å²) in [6.45, 7) is 0. The van der Waals surface area contributed by atoms with E-state index in [0.717, 1.165) is 5.92 Å². The van der Waals surface area contributed by atoms with Crippen LogP contribution in [0.2, 0.25) is 0 Å². The highest BCUT2D eigenvalue weighted by Crippen LogP contribution is 2.26. The van der Waals surface area contributed by atoms with Gasteiger partial charge in [-0.25, -0.2) is 0 Å². The Bertz CT molecular complexity index is 267. The molecule has 1 aliphatic carbocycles. The van der Waals surface area contributed by atoms with Crippen LogP contribution in [0, 0.1) is 5.92 Å². The van der Waals surface area contributed by atoms with Crippen molar-refractivity contribution < 1.29 is 0 Å². The van der Waals surface area contributed by atoms with Crippen LogP contribution >= 0.6 is 22.6 Å². The number of fused-ring (bicyclic) bond motifs is 1. The predicted octanol–water partition coefficient (Wildman–Crippen LogP) is 3.23. The molecule has 0 heterocycles. The van der Waals surface area contributed by atoms with Gasteiger partial charge in [-0.3, -0.25) is 0 Å². The van der Waals surface area contributed by atoms with Gasteiger partial charge in [-0.15, -0.1) is 0 Å². The molecule has 1 atom stereocenters. The minimum Gasteiger partial charge on any atom is -0.0861 e. The molecule has 0 spiro atoms. The Hall–Kier alpha value is -0.0500. The summed E-state index contributed by atoms with van der Waals surface area (Å²) < 4.78 is 1.31. The van der Waals surface area contributed by atoms with Crippen molar-refractivity contribution >= 4 is 22.6 Å². The van der Waals surface area contributed by atoms with E-state index in [1.54, 1.807) is 11.1 Å². The molecule has 0 nitrogen and oxygen atoms in total. The lowest BCUT2D eigenvalue weighted by atomic mass is 9.85. The molecule has 0 aliphatic heterocycles. The summed E-state index contributed by atoms with van der Waals surface area (Å²) in [6.07, 6.45) is 3.99.